The second-order valence-electron chi connectivity index (χ2n) is 5.72. The molecule has 2 aromatic rings. The first-order chi connectivity index (χ1) is 11.1. The van der Waals surface area contributed by atoms with Crippen LogP contribution in [-0.4, -0.2) is 12.5 Å². The van der Waals surface area contributed by atoms with Crippen LogP contribution in [0.5, 0.6) is 0 Å². The first kappa shape index (κ1) is 18.4. The molecule has 0 aliphatic carbocycles. The van der Waals surface area contributed by atoms with Crippen LogP contribution in [0, 0.1) is 11.6 Å². The van der Waals surface area contributed by atoms with Crippen LogP contribution in [-0.2, 0) is 17.8 Å². The summed E-state index contributed by atoms with van der Waals surface area (Å²) in [5.41, 5.74) is 2.00. The molecule has 0 spiro atoms. The van der Waals surface area contributed by atoms with Crippen LogP contribution in [0.3, 0.4) is 0 Å². The van der Waals surface area contributed by atoms with E-state index in [-0.39, 0.29) is 18.1 Å². The minimum atomic E-state index is -0.701. The van der Waals surface area contributed by atoms with Gasteiger partial charge in [0.05, 0.1) is 11.6 Å². The molecule has 2 aromatic carbocycles. The minimum absolute atomic E-state index is 0. The number of carbonyl (C=O) groups excluding carboxylic acids is 1. The largest absolute Gasteiger partial charge is 0.323 e. The first-order valence-corrected chi connectivity index (χ1v) is 7.64. The van der Waals surface area contributed by atoms with Gasteiger partial charge in [-0.2, -0.15) is 0 Å². The van der Waals surface area contributed by atoms with Gasteiger partial charge in [-0.15, -0.1) is 12.4 Å². The van der Waals surface area contributed by atoms with Crippen molar-refractivity contribution >= 4 is 24.0 Å². The van der Waals surface area contributed by atoms with Crippen LogP contribution in [0.25, 0.3) is 0 Å². The summed E-state index contributed by atoms with van der Waals surface area (Å²) in [6.45, 7) is 2.95. The van der Waals surface area contributed by atoms with Gasteiger partial charge in [0.15, 0.2) is 0 Å². The van der Waals surface area contributed by atoms with E-state index in [1.165, 1.54) is 6.07 Å². The molecule has 0 aromatic heterocycles. The van der Waals surface area contributed by atoms with Crippen molar-refractivity contribution in [3.8, 4) is 0 Å². The van der Waals surface area contributed by atoms with Gasteiger partial charge in [-0.05, 0) is 48.7 Å². The van der Waals surface area contributed by atoms with Crippen molar-refractivity contribution in [2.24, 2.45) is 0 Å². The Morgan fingerprint density at radius 1 is 1.21 bits per heavy atom. The smallest absolute Gasteiger partial charge is 0.231 e. The van der Waals surface area contributed by atoms with Gasteiger partial charge in [0.25, 0.3) is 0 Å². The van der Waals surface area contributed by atoms with Crippen molar-refractivity contribution in [2.75, 3.05) is 11.9 Å². The molecule has 6 heteroatoms. The minimum Gasteiger partial charge on any atom is -0.323 e. The summed E-state index contributed by atoms with van der Waals surface area (Å²) in [6, 6.07) is 9.50. The molecule has 3 rings (SSSR count). The highest BCUT2D eigenvalue weighted by Crippen LogP contribution is 2.26. The van der Waals surface area contributed by atoms with Gasteiger partial charge >= 0.3 is 0 Å². The van der Waals surface area contributed by atoms with E-state index in [4.69, 9.17) is 0 Å². The van der Waals surface area contributed by atoms with Gasteiger partial charge < -0.3 is 10.6 Å². The Kier molecular flexibility index (Phi) is 5.91. The lowest BCUT2D eigenvalue weighted by atomic mass is 9.98. The highest BCUT2D eigenvalue weighted by molar-refractivity contribution is 5.95. The number of halogens is 3. The molecule has 1 atom stereocenters. The lowest BCUT2D eigenvalue weighted by Crippen LogP contribution is -2.26. The molecular weight excluding hydrogens is 334 g/mol. The number of carbonyl (C=O) groups is 1. The molecule has 2 N–H and O–H groups in total. The third-order valence-electron chi connectivity index (χ3n) is 4.23. The van der Waals surface area contributed by atoms with E-state index < -0.39 is 23.5 Å². The average molecular weight is 353 g/mol. The Morgan fingerprint density at radius 2 is 1.96 bits per heavy atom. The van der Waals surface area contributed by atoms with E-state index in [1.807, 2.05) is 6.07 Å². The molecule has 0 saturated heterocycles. The maximum absolute atomic E-state index is 14.5. The van der Waals surface area contributed by atoms with E-state index >= 15 is 0 Å². The summed E-state index contributed by atoms with van der Waals surface area (Å²) in [4.78, 5) is 12.3. The van der Waals surface area contributed by atoms with Crippen molar-refractivity contribution in [1.82, 2.24) is 5.32 Å². The zero-order chi connectivity index (χ0) is 16.4. The SMILES string of the molecule is CC(C(=O)Nc1ccc2c(c1F)CCNC2)c1ccccc1F.Cl. The molecule has 1 aliphatic heterocycles. The fourth-order valence-electron chi connectivity index (χ4n) is 2.84. The number of nitrogens with one attached hydrogen (secondary N) is 2. The predicted octanol–water partition coefficient (Wildman–Crippen LogP) is 3.77. The van der Waals surface area contributed by atoms with Crippen LogP contribution < -0.4 is 10.6 Å². The van der Waals surface area contributed by atoms with Gasteiger partial charge in [0.1, 0.15) is 11.6 Å². The predicted molar refractivity (Wildman–Crippen MR) is 92.5 cm³/mol. The van der Waals surface area contributed by atoms with Crippen LogP contribution in [0.2, 0.25) is 0 Å². The Balaban J connectivity index is 0.00000208. The number of benzene rings is 2. The summed E-state index contributed by atoms with van der Waals surface area (Å²) < 4.78 is 28.3. The van der Waals surface area contributed by atoms with Crippen LogP contribution >= 0.6 is 12.4 Å². The molecule has 1 unspecified atom stereocenters. The van der Waals surface area contributed by atoms with Gasteiger partial charge in [-0.3, -0.25) is 4.79 Å². The van der Waals surface area contributed by atoms with Crippen molar-refractivity contribution in [3.63, 3.8) is 0 Å². The van der Waals surface area contributed by atoms with Gasteiger partial charge in [0.2, 0.25) is 5.91 Å². The molecule has 128 valence electrons. The third-order valence-corrected chi connectivity index (χ3v) is 4.23. The molecule has 1 amide bonds. The maximum Gasteiger partial charge on any atom is 0.231 e. The summed E-state index contributed by atoms with van der Waals surface area (Å²) in [6.07, 6.45) is 0.591. The standard InChI is InChI=1S/C18H18F2N2O.ClH/c1-11(13-4-2-3-5-15(13)19)18(23)22-16-7-6-12-10-21-9-8-14(12)17(16)20;/h2-7,11,21H,8-10H2,1H3,(H,22,23);1H. The number of anilines is 1. The second-order valence-corrected chi connectivity index (χ2v) is 5.72. The Labute approximate surface area is 145 Å². The molecule has 0 fully saturated rings. The molecule has 1 aliphatic rings. The van der Waals surface area contributed by atoms with Crippen LogP contribution in [0.15, 0.2) is 36.4 Å². The molecule has 1 heterocycles. The van der Waals surface area contributed by atoms with Gasteiger partial charge in [-0.25, -0.2) is 8.78 Å². The summed E-state index contributed by atoms with van der Waals surface area (Å²) >= 11 is 0. The van der Waals surface area contributed by atoms with Crippen LogP contribution in [0.4, 0.5) is 14.5 Å². The number of hydrogen-bond donors (Lipinski definition) is 2. The first-order valence-electron chi connectivity index (χ1n) is 7.64. The Hall–Kier alpha value is -1.98. The van der Waals surface area contributed by atoms with Gasteiger partial charge in [-0.1, -0.05) is 24.3 Å². The van der Waals surface area contributed by atoms with E-state index in [0.717, 1.165) is 5.56 Å². The van der Waals surface area contributed by atoms with E-state index in [9.17, 15) is 13.6 Å². The lowest BCUT2D eigenvalue weighted by molar-refractivity contribution is -0.117. The summed E-state index contributed by atoms with van der Waals surface area (Å²) in [5.74, 6) is -1.96. The number of rotatable bonds is 3. The highest BCUT2D eigenvalue weighted by Gasteiger charge is 2.22. The summed E-state index contributed by atoms with van der Waals surface area (Å²) in [5, 5.41) is 5.76. The zero-order valence-electron chi connectivity index (χ0n) is 13.2. The molecule has 0 saturated carbocycles. The maximum atomic E-state index is 14.5. The molecule has 3 nitrogen and oxygen atoms in total. The average Bonchev–Trinajstić information content (AvgIpc) is 2.57. The monoisotopic (exact) mass is 352 g/mol. The molecular formula is C18H19ClF2N2O. The number of fused-ring (bicyclic) bond motifs is 1. The van der Waals surface area contributed by atoms with E-state index in [2.05, 4.69) is 10.6 Å². The number of amides is 1. The molecule has 0 bridgehead atoms. The van der Waals surface area contributed by atoms with Crippen molar-refractivity contribution < 1.29 is 13.6 Å². The number of hydrogen-bond acceptors (Lipinski definition) is 2. The van der Waals surface area contributed by atoms with Crippen molar-refractivity contribution in [3.05, 3.63) is 64.7 Å². The summed E-state index contributed by atoms with van der Waals surface area (Å²) in [7, 11) is 0. The zero-order valence-corrected chi connectivity index (χ0v) is 14.1. The van der Waals surface area contributed by atoms with E-state index in [0.29, 0.717) is 30.6 Å². The highest BCUT2D eigenvalue weighted by atomic mass is 35.5. The normalized spacial score (nSPS) is 14.3. The van der Waals surface area contributed by atoms with Crippen LogP contribution in [0.1, 0.15) is 29.5 Å². The van der Waals surface area contributed by atoms with Crippen molar-refractivity contribution in [2.45, 2.75) is 25.8 Å². The van der Waals surface area contributed by atoms with Crippen molar-refractivity contribution in [1.29, 1.82) is 0 Å². The van der Waals surface area contributed by atoms with Gasteiger partial charge in [0, 0.05) is 6.54 Å². The quantitative estimate of drug-likeness (QED) is 0.882. The van der Waals surface area contributed by atoms with E-state index in [1.54, 1.807) is 31.2 Å². The lowest BCUT2D eigenvalue weighted by Gasteiger charge is -2.20. The fraction of sp³-hybridized carbons (Fsp3) is 0.278. The fourth-order valence-corrected chi connectivity index (χ4v) is 2.84. The third kappa shape index (κ3) is 3.57. The molecule has 0 radical (unpaired) electrons. The Bertz CT molecular complexity index is 752. The Morgan fingerprint density at radius 3 is 2.71 bits per heavy atom. The topological polar surface area (TPSA) is 41.1 Å². The second kappa shape index (κ2) is 7.73. The molecule has 24 heavy (non-hydrogen) atoms.